The third-order valence-corrected chi connectivity index (χ3v) is 4.38. The molecule has 0 aromatic heterocycles. The fourth-order valence-corrected chi connectivity index (χ4v) is 3.54. The molecule has 1 aromatic rings. The summed E-state index contributed by atoms with van der Waals surface area (Å²) in [6, 6.07) is 8.96. The maximum Gasteiger partial charge on any atom is 0.251 e. The van der Waals surface area contributed by atoms with Gasteiger partial charge in [-0.3, -0.25) is 4.79 Å². The average Bonchev–Trinajstić information content (AvgIpc) is 2.93. The van der Waals surface area contributed by atoms with Crippen LogP contribution in [-0.4, -0.2) is 12.5 Å². The predicted octanol–water partition coefficient (Wildman–Crippen LogP) is 3.89. The summed E-state index contributed by atoms with van der Waals surface area (Å²) in [5.41, 5.74) is 1.38. The van der Waals surface area contributed by atoms with Crippen LogP contribution in [0.25, 0.3) is 0 Å². The van der Waals surface area contributed by atoms with Crippen molar-refractivity contribution in [2.45, 2.75) is 46.0 Å². The molecule has 2 rings (SSSR count). The summed E-state index contributed by atoms with van der Waals surface area (Å²) in [6.45, 7) is 5.25. The van der Waals surface area contributed by atoms with Gasteiger partial charge in [-0.15, -0.1) is 0 Å². The van der Waals surface area contributed by atoms with Crippen molar-refractivity contribution in [1.29, 1.82) is 5.26 Å². The molecule has 1 saturated carbocycles. The molecule has 1 aromatic carbocycles. The molecule has 112 valence electrons. The van der Waals surface area contributed by atoms with Crippen LogP contribution in [-0.2, 0) is 0 Å². The molecule has 0 saturated heterocycles. The highest BCUT2D eigenvalue weighted by Crippen LogP contribution is 2.42. The number of rotatable bonds is 5. The number of hydrogen-bond donors (Lipinski definition) is 1. The zero-order valence-electron chi connectivity index (χ0n) is 13.0. The van der Waals surface area contributed by atoms with E-state index in [0.717, 1.165) is 6.54 Å². The van der Waals surface area contributed by atoms with E-state index in [9.17, 15) is 4.79 Å². The smallest absolute Gasteiger partial charge is 0.251 e. The van der Waals surface area contributed by atoms with Crippen LogP contribution in [0.1, 0.15) is 61.9 Å². The molecular weight excluding hydrogens is 260 g/mol. The molecule has 0 atom stereocenters. The number of carbonyl (C=O) groups excluding carboxylic acids is 1. The standard InChI is InChI=1S/C18H24N2O/c1-14(2)11-18(8-3-4-9-18)13-20-17(21)16-7-5-6-15(10-16)12-19/h5-7,10,14H,3-4,8-9,11,13H2,1-2H3,(H,20,21). The van der Waals surface area contributed by atoms with Crippen molar-refractivity contribution in [3.8, 4) is 6.07 Å². The summed E-state index contributed by atoms with van der Waals surface area (Å²) in [4.78, 5) is 12.3. The minimum absolute atomic E-state index is 0.0675. The van der Waals surface area contributed by atoms with Crippen molar-refractivity contribution in [1.82, 2.24) is 5.32 Å². The van der Waals surface area contributed by atoms with E-state index in [4.69, 9.17) is 5.26 Å². The first-order valence-corrected chi connectivity index (χ1v) is 7.83. The first-order chi connectivity index (χ1) is 10.0. The largest absolute Gasteiger partial charge is 0.351 e. The van der Waals surface area contributed by atoms with Gasteiger partial charge in [0.05, 0.1) is 11.6 Å². The summed E-state index contributed by atoms with van der Waals surface area (Å²) < 4.78 is 0. The van der Waals surface area contributed by atoms with Gasteiger partial charge in [0, 0.05) is 12.1 Å². The molecule has 3 heteroatoms. The van der Waals surface area contributed by atoms with Crippen molar-refractivity contribution in [3.05, 3.63) is 35.4 Å². The Morgan fingerprint density at radius 1 is 1.38 bits per heavy atom. The van der Waals surface area contributed by atoms with Crippen molar-refractivity contribution in [2.75, 3.05) is 6.54 Å². The summed E-state index contributed by atoms with van der Waals surface area (Å²) in [5.74, 6) is 0.587. The van der Waals surface area contributed by atoms with E-state index in [1.807, 2.05) is 0 Å². The van der Waals surface area contributed by atoms with Gasteiger partial charge in [0.1, 0.15) is 0 Å². The van der Waals surface area contributed by atoms with Crippen LogP contribution in [0.4, 0.5) is 0 Å². The fraction of sp³-hybridized carbons (Fsp3) is 0.556. The Labute approximate surface area is 127 Å². The van der Waals surface area contributed by atoms with E-state index in [1.54, 1.807) is 24.3 Å². The normalized spacial score (nSPS) is 16.7. The molecule has 1 aliphatic carbocycles. The molecule has 1 amide bonds. The van der Waals surface area contributed by atoms with Gasteiger partial charge < -0.3 is 5.32 Å². The maximum absolute atomic E-state index is 12.3. The topological polar surface area (TPSA) is 52.9 Å². The summed E-state index contributed by atoms with van der Waals surface area (Å²) in [5, 5.41) is 12.0. The molecule has 21 heavy (non-hydrogen) atoms. The van der Waals surface area contributed by atoms with E-state index in [1.165, 1.54) is 32.1 Å². The van der Waals surface area contributed by atoms with E-state index in [2.05, 4.69) is 25.2 Å². The Hall–Kier alpha value is -1.82. The Bertz CT molecular complexity index is 536. The zero-order chi connectivity index (χ0) is 15.3. The molecule has 1 aliphatic rings. The predicted molar refractivity (Wildman–Crippen MR) is 83.8 cm³/mol. The minimum atomic E-state index is -0.0675. The highest BCUT2D eigenvalue weighted by atomic mass is 16.1. The lowest BCUT2D eigenvalue weighted by molar-refractivity contribution is 0.0922. The van der Waals surface area contributed by atoms with Crippen LogP contribution in [0, 0.1) is 22.7 Å². The quantitative estimate of drug-likeness (QED) is 0.891. The molecule has 1 fully saturated rings. The lowest BCUT2D eigenvalue weighted by Crippen LogP contribution is -2.36. The van der Waals surface area contributed by atoms with Gasteiger partial charge in [-0.1, -0.05) is 32.8 Å². The first kappa shape index (κ1) is 15.6. The van der Waals surface area contributed by atoms with Crippen molar-refractivity contribution < 1.29 is 4.79 Å². The van der Waals surface area contributed by atoms with Crippen LogP contribution in [0.3, 0.4) is 0 Å². The number of hydrogen-bond acceptors (Lipinski definition) is 2. The number of nitrogens with one attached hydrogen (secondary N) is 1. The number of amides is 1. The second-order valence-corrected chi connectivity index (χ2v) is 6.68. The van der Waals surface area contributed by atoms with E-state index in [0.29, 0.717) is 17.0 Å². The Morgan fingerprint density at radius 3 is 2.71 bits per heavy atom. The van der Waals surface area contributed by atoms with Gasteiger partial charge in [0.2, 0.25) is 0 Å². The Balaban J connectivity index is 2.00. The lowest BCUT2D eigenvalue weighted by atomic mass is 9.78. The van der Waals surface area contributed by atoms with E-state index >= 15 is 0 Å². The van der Waals surface area contributed by atoms with Crippen LogP contribution in [0.5, 0.6) is 0 Å². The Kier molecular flexibility index (Phi) is 5.01. The summed E-state index contributed by atoms with van der Waals surface area (Å²) in [7, 11) is 0. The van der Waals surface area contributed by atoms with Gasteiger partial charge in [-0.2, -0.15) is 5.26 Å². The van der Waals surface area contributed by atoms with Crippen LogP contribution >= 0.6 is 0 Å². The highest BCUT2D eigenvalue weighted by Gasteiger charge is 2.34. The molecular formula is C18H24N2O. The van der Waals surface area contributed by atoms with Crippen molar-refractivity contribution in [3.63, 3.8) is 0 Å². The lowest BCUT2D eigenvalue weighted by Gasteiger charge is -2.31. The highest BCUT2D eigenvalue weighted by molar-refractivity contribution is 5.94. The van der Waals surface area contributed by atoms with Crippen molar-refractivity contribution in [2.24, 2.45) is 11.3 Å². The molecule has 0 spiro atoms. The third-order valence-electron chi connectivity index (χ3n) is 4.38. The minimum Gasteiger partial charge on any atom is -0.351 e. The van der Waals surface area contributed by atoms with Gasteiger partial charge in [0.25, 0.3) is 5.91 Å². The monoisotopic (exact) mass is 284 g/mol. The summed E-state index contributed by atoms with van der Waals surface area (Å²) >= 11 is 0. The SMILES string of the molecule is CC(C)CC1(CNC(=O)c2cccc(C#N)c2)CCCC1. The Morgan fingerprint density at radius 2 is 2.10 bits per heavy atom. The molecule has 1 N–H and O–H groups in total. The van der Waals surface area contributed by atoms with Crippen LogP contribution < -0.4 is 5.32 Å². The number of nitriles is 1. The summed E-state index contributed by atoms with van der Waals surface area (Å²) in [6.07, 6.45) is 6.14. The van der Waals surface area contributed by atoms with Gasteiger partial charge in [-0.25, -0.2) is 0 Å². The van der Waals surface area contributed by atoms with Crippen LogP contribution in [0.2, 0.25) is 0 Å². The number of benzene rings is 1. The van der Waals surface area contributed by atoms with E-state index in [-0.39, 0.29) is 11.3 Å². The molecule has 0 unspecified atom stereocenters. The van der Waals surface area contributed by atoms with Crippen LogP contribution in [0.15, 0.2) is 24.3 Å². The first-order valence-electron chi connectivity index (χ1n) is 7.83. The van der Waals surface area contributed by atoms with E-state index < -0.39 is 0 Å². The number of carbonyl (C=O) groups is 1. The van der Waals surface area contributed by atoms with Gasteiger partial charge in [0.15, 0.2) is 0 Å². The molecule has 0 heterocycles. The molecule has 0 aliphatic heterocycles. The van der Waals surface area contributed by atoms with Crippen molar-refractivity contribution >= 4 is 5.91 Å². The zero-order valence-corrected chi connectivity index (χ0v) is 13.0. The fourth-order valence-electron chi connectivity index (χ4n) is 3.54. The van der Waals surface area contributed by atoms with Gasteiger partial charge >= 0.3 is 0 Å². The molecule has 3 nitrogen and oxygen atoms in total. The third kappa shape index (κ3) is 4.07. The second-order valence-electron chi connectivity index (χ2n) is 6.68. The average molecular weight is 284 g/mol. The van der Waals surface area contributed by atoms with Gasteiger partial charge in [-0.05, 0) is 48.8 Å². The maximum atomic E-state index is 12.3. The molecule has 0 bridgehead atoms. The second kappa shape index (κ2) is 6.76. The molecule has 0 radical (unpaired) electrons. The number of nitrogens with zero attached hydrogens (tertiary/aromatic N) is 1.